The first-order chi connectivity index (χ1) is 3.00. The summed E-state index contributed by atoms with van der Waals surface area (Å²) < 4.78 is 5.01. The quantitative estimate of drug-likeness (QED) is 0.477. The number of morpholine rings is 1. The van der Waals surface area contributed by atoms with Crippen LogP contribution < -0.4 is 5.32 Å². The van der Waals surface area contributed by atoms with Crippen molar-refractivity contribution in [1.82, 2.24) is 5.32 Å². The molecule has 0 bridgehead atoms. The molecule has 0 aliphatic carbocycles. The Morgan fingerprint density at radius 1 is 1.14 bits per heavy atom. The van der Waals surface area contributed by atoms with E-state index in [0.29, 0.717) is 0 Å². The van der Waals surface area contributed by atoms with Gasteiger partial charge in [0.2, 0.25) is 0 Å². The van der Waals surface area contributed by atoms with Crippen molar-refractivity contribution in [1.29, 1.82) is 0 Å². The van der Waals surface area contributed by atoms with Gasteiger partial charge in [-0.15, -0.1) is 0 Å². The molecule has 0 aromatic carbocycles. The van der Waals surface area contributed by atoms with Gasteiger partial charge in [-0.3, -0.25) is 0 Å². The van der Waals surface area contributed by atoms with Crippen molar-refractivity contribution in [2.45, 2.75) is 0 Å². The van der Waals surface area contributed by atoms with Crippen LogP contribution in [-0.2, 0) is 24.2 Å². The molecular weight excluding hydrogens is 143 g/mol. The van der Waals surface area contributed by atoms with E-state index in [1.165, 1.54) is 0 Å². The van der Waals surface area contributed by atoms with E-state index in [-0.39, 0.29) is 19.5 Å². The van der Waals surface area contributed by atoms with Crippen molar-refractivity contribution in [3.63, 3.8) is 0 Å². The van der Waals surface area contributed by atoms with Gasteiger partial charge in [0.25, 0.3) is 0 Å². The van der Waals surface area contributed by atoms with Crippen molar-refractivity contribution in [2.24, 2.45) is 0 Å². The van der Waals surface area contributed by atoms with Crippen molar-refractivity contribution >= 4 is 0 Å². The van der Waals surface area contributed by atoms with Crippen LogP contribution in [0.3, 0.4) is 0 Å². The molecule has 1 aliphatic rings. The summed E-state index contributed by atoms with van der Waals surface area (Å²) in [6.45, 7) is 3.83. The molecular formula is C4H9NOZn+2. The molecule has 0 saturated carbocycles. The summed E-state index contributed by atoms with van der Waals surface area (Å²) in [6, 6.07) is 0. The van der Waals surface area contributed by atoms with Crippen LogP contribution in [0.5, 0.6) is 0 Å². The average Bonchev–Trinajstić information content (AvgIpc) is 1.72. The maximum atomic E-state index is 5.01. The van der Waals surface area contributed by atoms with Gasteiger partial charge in [-0.2, -0.15) is 0 Å². The Kier molecular flexibility index (Phi) is 5.06. The zero-order valence-corrected chi connectivity index (χ0v) is 7.41. The van der Waals surface area contributed by atoms with Crippen LogP contribution in [0.4, 0.5) is 0 Å². The molecule has 1 fully saturated rings. The fourth-order valence-electron chi connectivity index (χ4n) is 0.516. The van der Waals surface area contributed by atoms with Gasteiger partial charge in [0.1, 0.15) is 0 Å². The van der Waals surface area contributed by atoms with Gasteiger partial charge < -0.3 is 10.1 Å². The van der Waals surface area contributed by atoms with Gasteiger partial charge in [0.15, 0.2) is 0 Å². The maximum Gasteiger partial charge on any atom is 2.00 e. The third-order valence-corrected chi connectivity index (χ3v) is 0.846. The molecule has 3 heteroatoms. The van der Waals surface area contributed by atoms with E-state index >= 15 is 0 Å². The maximum absolute atomic E-state index is 5.01. The zero-order valence-electron chi connectivity index (χ0n) is 4.44. The van der Waals surface area contributed by atoms with E-state index in [0.717, 1.165) is 26.3 Å². The standard InChI is InChI=1S/C4H9NO.Zn/c1-3-6-4-2-5-1;/h5H,1-4H2;/q;+2. The summed E-state index contributed by atoms with van der Waals surface area (Å²) in [4.78, 5) is 0. The van der Waals surface area contributed by atoms with Crippen LogP contribution in [0, 0.1) is 0 Å². The zero-order chi connectivity index (χ0) is 4.24. The van der Waals surface area contributed by atoms with Gasteiger partial charge in [-0.05, 0) is 0 Å². The van der Waals surface area contributed by atoms with E-state index in [2.05, 4.69) is 5.32 Å². The van der Waals surface area contributed by atoms with Crippen LogP contribution in [0.25, 0.3) is 0 Å². The van der Waals surface area contributed by atoms with Crippen LogP contribution in [0.1, 0.15) is 0 Å². The van der Waals surface area contributed by atoms with E-state index in [9.17, 15) is 0 Å². The van der Waals surface area contributed by atoms with Crippen molar-refractivity contribution in [3.8, 4) is 0 Å². The number of ether oxygens (including phenoxy) is 1. The van der Waals surface area contributed by atoms with E-state index < -0.39 is 0 Å². The largest absolute Gasteiger partial charge is 2.00 e. The van der Waals surface area contributed by atoms with Gasteiger partial charge in [-0.25, -0.2) is 0 Å². The molecule has 1 N–H and O–H groups in total. The van der Waals surface area contributed by atoms with Crippen molar-refractivity contribution in [3.05, 3.63) is 0 Å². The summed E-state index contributed by atoms with van der Waals surface area (Å²) in [7, 11) is 0. The average molecular weight is 153 g/mol. The van der Waals surface area contributed by atoms with Crippen LogP contribution in [0.2, 0.25) is 0 Å². The van der Waals surface area contributed by atoms with Crippen LogP contribution in [0.15, 0.2) is 0 Å². The van der Waals surface area contributed by atoms with E-state index in [4.69, 9.17) is 4.74 Å². The predicted octanol–water partition coefficient (Wildman–Crippen LogP) is -0.396. The summed E-state index contributed by atoms with van der Waals surface area (Å²) in [6.07, 6.45) is 0. The Balaban J connectivity index is 0.000000360. The number of hydrogen-bond acceptors (Lipinski definition) is 2. The topological polar surface area (TPSA) is 21.3 Å². The Bertz CT molecular complexity index is 27.2. The van der Waals surface area contributed by atoms with Gasteiger partial charge in [0, 0.05) is 13.1 Å². The molecule has 1 heterocycles. The monoisotopic (exact) mass is 151 g/mol. The molecule has 36 valence electrons. The second kappa shape index (κ2) is 4.70. The normalized spacial score (nSPS) is 20.6. The summed E-state index contributed by atoms with van der Waals surface area (Å²) >= 11 is 0. The Morgan fingerprint density at radius 2 is 1.71 bits per heavy atom. The Morgan fingerprint density at radius 3 is 1.86 bits per heavy atom. The minimum atomic E-state index is 0. The molecule has 0 aromatic heterocycles. The summed E-state index contributed by atoms with van der Waals surface area (Å²) in [5, 5.41) is 3.16. The summed E-state index contributed by atoms with van der Waals surface area (Å²) in [5.74, 6) is 0. The molecule has 0 atom stereocenters. The molecule has 0 amide bonds. The minimum absolute atomic E-state index is 0. The van der Waals surface area contributed by atoms with Crippen molar-refractivity contribution < 1.29 is 24.2 Å². The van der Waals surface area contributed by atoms with Crippen molar-refractivity contribution in [2.75, 3.05) is 26.3 Å². The second-order valence-electron chi connectivity index (χ2n) is 1.36. The molecule has 1 aliphatic heterocycles. The molecule has 0 unspecified atom stereocenters. The molecule has 0 aromatic rings. The Labute approximate surface area is 56.4 Å². The number of hydrogen-bond donors (Lipinski definition) is 1. The van der Waals surface area contributed by atoms with Crippen LogP contribution >= 0.6 is 0 Å². The second-order valence-corrected chi connectivity index (χ2v) is 1.36. The van der Waals surface area contributed by atoms with E-state index in [1.807, 2.05) is 0 Å². The SMILES string of the molecule is C1COCCN1.[Zn+2]. The molecule has 1 saturated heterocycles. The summed E-state index contributed by atoms with van der Waals surface area (Å²) in [5.41, 5.74) is 0. The third kappa shape index (κ3) is 3.15. The first-order valence-corrected chi connectivity index (χ1v) is 2.28. The molecule has 7 heavy (non-hydrogen) atoms. The van der Waals surface area contributed by atoms with Crippen LogP contribution in [-0.4, -0.2) is 26.3 Å². The third-order valence-electron chi connectivity index (χ3n) is 0.846. The molecule has 1 rings (SSSR count). The minimum Gasteiger partial charge on any atom is -0.379 e. The number of nitrogens with one attached hydrogen (secondary N) is 1. The van der Waals surface area contributed by atoms with Gasteiger partial charge in [0.05, 0.1) is 13.2 Å². The number of rotatable bonds is 0. The smallest absolute Gasteiger partial charge is 0.379 e. The molecule has 0 radical (unpaired) electrons. The predicted molar refractivity (Wildman–Crippen MR) is 23.7 cm³/mol. The fraction of sp³-hybridized carbons (Fsp3) is 1.00. The van der Waals surface area contributed by atoms with Gasteiger partial charge >= 0.3 is 19.5 Å². The first kappa shape index (κ1) is 7.54. The van der Waals surface area contributed by atoms with Gasteiger partial charge in [-0.1, -0.05) is 0 Å². The fourth-order valence-corrected chi connectivity index (χ4v) is 0.516. The van der Waals surface area contributed by atoms with E-state index in [1.54, 1.807) is 0 Å². The molecule has 0 spiro atoms. The Hall–Kier alpha value is 0.543. The molecule has 2 nitrogen and oxygen atoms in total. The first-order valence-electron chi connectivity index (χ1n) is 2.28.